The minimum Gasteiger partial charge on any atom is -0.299 e. The molecule has 130 valence electrons. The van der Waals surface area contributed by atoms with Crippen LogP contribution < -0.4 is 0 Å². The third-order valence-electron chi connectivity index (χ3n) is 7.12. The average molecular weight is 325 g/mol. The van der Waals surface area contributed by atoms with E-state index < -0.39 is 0 Å². The first-order chi connectivity index (χ1) is 11.7. The number of piperidine rings is 1. The fourth-order valence-corrected chi connectivity index (χ4v) is 6.02. The Bertz CT molecular complexity index is 592. The van der Waals surface area contributed by atoms with Crippen LogP contribution in [0.3, 0.4) is 0 Å². The van der Waals surface area contributed by atoms with Crippen LogP contribution in [0, 0.1) is 30.6 Å². The van der Waals surface area contributed by atoms with Crippen LogP contribution in [-0.2, 0) is 11.3 Å². The molecule has 1 aromatic rings. The number of Topliss-reactive ketones (excluding diaryl/α,β-unsaturated/α-hetero) is 1. The van der Waals surface area contributed by atoms with Gasteiger partial charge in [-0.05, 0) is 62.5 Å². The van der Waals surface area contributed by atoms with Gasteiger partial charge < -0.3 is 0 Å². The summed E-state index contributed by atoms with van der Waals surface area (Å²) in [5, 5.41) is 0. The second kappa shape index (κ2) is 6.63. The van der Waals surface area contributed by atoms with Gasteiger partial charge in [0, 0.05) is 24.9 Å². The van der Waals surface area contributed by atoms with Crippen molar-refractivity contribution in [1.29, 1.82) is 0 Å². The van der Waals surface area contributed by atoms with Crippen molar-refractivity contribution in [2.24, 2.45) is 23.7 Å². The molecule has 4 rings (SSSR count). The Kier molecular flexibility index (Phi) is 4.51. The molecule has 2 heteroatoms. The van der Waals surface area contributed by atoms with Crippen LogP contribution in [0.5, 0.6) is 0 Å². The van der Waals surface area contributed by atoms with E-state index in [1.807, 2.05) is 0 Å². The minimum atomic E-state index is 0.355. The molecule has 2 nitrogen and oxygen atoms in total. The summed E-state index contributed by atoms with van der Waals surface area (Å²) in [5.41, 5.74) is 2.78. The van der Waals surface area contributed by atoms with E-state index >= 15 is 0 Å². The van der Waals surface area contributed by atoms with Gasteiger partial charge in [0.2, 0.25) is 0 Å². The van der Waals surface area contributed by atoms with Crippen molar-refractivity contribution in [1.82, 2.24) is 4.90 Å². The Morgan fingerprint density at radius 3 is 2.67 bits per heavy atom. The van der Waals surface area contributed by atoms with Gasteiger partial charge in [-0.3, -0.25) is 9.69 Å². The van der Waals surface area contributed by atoms with E-state index in [4.69, 9.17) is 0 Å². The van der Waals surface area contributed by atoms with Crippen LogP contribution in [0.25, 0.3) is 0 Å². The van der Waals surface area contributed by atoms with Gasteiger partial charge in [-0.25, -0.2) is 0 Å². The Morgan fingerprint density at radius 2 is 1.92 bits per heavy atom. The predicted octanol–water partition coefficient (Wildman–Crippen LogP) is 4.60. The largest absolute Gasteiger partial charge is 0.299 e. The number of benzene rings is 1. The predicted molar refractivity (Wildman–Crippen MR) is 97.7 cm³/mol. The molecular weight excluding hydrogens is 294 g/mol. The molecular formula is C22H31NO. The quantitative estimate of drug-likeness (QED) is 0.809. The molecule has 3 fully saturated rings. The molecule has 1 saturated heterocycles. The van der Waals surface area contributed by atoms with Crippen LogP contribution in [0.2, 0.25) is 0 Å². The summed E-state index contributed by atoms with van der Waals surface area (Å²) in [7, 11) is 0. The van der Waals surface area contributed by atoms with Gasteiger partial charge in [-0.2, -0.15) is 0 Å². The number of carbonyl (C=O) groups excluding carboxylic acids is 1. The molecule has 3 aliphatic rings. The number of ketones is 1. The number of hydrogen-bond donors (Lipinski definition) is 0. The van der Waals surface area contributed by atoms with Crippen LogP contribution >= 0.6 is 0 Å². The fourth-order valence-electron chi connectivity index (χ4n) is 6.02. The maximum atomic E-state index is 12.6. The minimum absolute atomic E-state index is 0.355. The van der Waals surface area contributed by atoms with Crippen molar-refractivity contribution in [2.75, 3.05) is 6.54 Å². The van der Waals surface area contributed by atoms with Crippen molar-refractivity contribution in [3.05, 3.63) is 35.4 Å². The van der Waals surface area contributed by atoms with Gasteiger partial charge in [0.1, 0.15) is 5.78 Å². The van der Waals surface area contributed by atoms with Crippen molar-refractivity contribution < 1.29 is 4.79 Å². The molecule has 24 heavy (non-hydrogen) atoms. The van der Waals surface area contributed by atoms with Crippen LogP contribution in [0.4, 0.5) is 0 Å². The number of hydrogen-bond acceptors (Lipinski definition) is 2. The van der Waals surface area contributed by atoms with E-state index in [0.29, 0.717) is 29.6 Å². The second-order valence-corrected chi connectivity index (χ2v) is 8.43. The van der Waals surface area contributed by atoms with Crippen LogP contribution in [-0.4, -0.2) is 23.3 Å². The van der Waals surface area contributed by atoms with Crippen LogP contribution in [0.15, 0.2) is 24.3 Å². The third-order valence-corrected chi connectivity index (χ3v) is 7.12. The van der Waals surface area contributed by atoms with Gasteiger partial charge in [-0.1, -0.05) is 43.2 Å². The van der Waals surface area contributed by atoms with E-state index in [1.54, 1.807) is 0 Å². The molecule has 1 aliphatic heterocycles. The second-order valence-electron chi connectivity index (χ2n) is 8.43. The van der Waals surface area contributed by atoms with Gasteiger partial charge >= 0.3 is 0 Å². The maximum absolute atomic E-state index is 12.6. The molecule has 1 heterocycles. The summed E-state index contributed by atoms with van der Waals surface area (Å²) in [6, 6.07) is 9.77. The van der Waals surface area contributed by atoms with Crippen molar-refractivity contribution in [2.45, 2.75) is 65.0 Å². The highest BCUT2D eigenvalue weighted by atomic mass is 16.1. The summed E-state index contributed by atoms with van der Waals surface area (Å²) in [4.78, 5) is 15.3. The van der Waals surface area contributed by atoms with E-state index in [1.165, 1.54) is 43.4 Å². The Morgan fingerprint density at radius 1 is 1.12 bits per heavy atom. The summed E-state index contributed by atoms with van der Waals surface area (Å²) < 4.78 is 0. The molecule has 2 aliphatic carbocycles. The molecule has 0 bridgehead atoms. The summed E-state index contributed by atoms with van der Waals surface area (Å²) in [6.45, 7) is 6.65. The zero-order valence-electron chi connectivity index (χ0n) is 15.2. The lowest BCUT2D eigenvalue weighted by Crippen LogP contribution is -2.57. The van der Waals surface area contributed by atoms with Crippen LogP contribution in [0.1, 0.15) is 56.6 Å². The van der Waals surface area contributed by atoms with E-state index in [0.717, 1.165) is 25.3 Å². The molecule has 0 spiro atoms. The third kappa shape index (κ3) is 2.83. The molecule has 0 unspecified atom stereocenters. The Hall–Kier alpha value is -1.15. The summed E-state index contributed by atoms with van der Waals surface area (Å²) >= 11 is 0. The lowest BCUT2D eigenvalue weighted by atomic mass is 9.56. The number of aryl methyl sites for hydroxylation is 1. The SMILES string of the molecule is CC[C@@H]1C(=O)C[C@H]2CCN(Cc3ccc(C)cc3)[C@H]3CCC[C@@H]1[C@H]23. The first-order valence-corrected chi connectivity index (χ1v) is 9.99. The highest BCUT2D eigenvalue weighted by Crippen LogP contribution is 2.51. The lowest BCUT2D eigenvalue weighted by Gasteiger charge is -2.55. The summed E-state index contributed by atoms with van der Waals surface area (Å²) in [5.74, 6) is 3.05. The highest BCUT2D eigenvalue weighted by molar-refractivity contribution is 5.82. The van der Waals surface area contributed by atoms with E-state index in [9.17, 15) is 4.79 Å². The Labute approximate surface area is 146 Å². The van der Waals surface area contributed by atoms with Crippen molar-refractivity contribution in [3.63, 3.8) is 0 Å². The van der Waals surface area contributed by atoms with Gasteiger partial charge in [0.25, 0.3) is 0 Å². The van der Waals surface area contributed by atoms with E-state index in [2.05, 4.69) is 43.0 Å². The zero-order chi connectivity index (χ0) is 16.7. The first-order valence-electron chi connectivity index (χ1n) is 9.99. The number of rotatable bonds is 3. The van der Waals surface area contributed by atoms with Gasteiger partial charge in [0.05, 0.1) is 0 Å². The molecule has 0 radical (unpaired) electrons. The van der Waals surface area contributed by atoms with E-state index in [-0.39, 0.29) is 0 Å². The molecule has 0 aromatic heterocycles. The molecule has 5 atom stereocenters. The van der Waals surface area contributed by atoms with Gasteiger partial charge in [-0.15, -0.1) is 0 Å². The normalized spacial score (nSPS) is 36.4. The van der Waals surface area contributed by atoms with Crippen molar-refractivity contribution >= 4 is 5.78 Å². The number of nitrogens with zero attached hydrogens (tertiary/aromatic N) is 1. The molecule has 0 N–H and O–H groups in total. The lowest BCUT2D eigenvalue weighted by molar-refractivity contribution is -0.139. The smallest absolute Gasteiger partial charge is 0.136 e. The average Bonchev–Trinajstić information content (AvgIpc) is 2.59. The maximum Gasteiger partial charge on any atom is 0.136 e. The number of carbonyl (C=O) groups is 1. The monoisotopic (exact) mass is 325 g/mol. The standard InChI is InChI=1S/C22H31NO/c1-3-18-19-5-4-6-20-22(19)17(13-21(18)24)11-12-23(20)14-16-9-7-15(2)8-10-16/h7-10,17-20,22H,3-6,11-14H2,1-2H3/t17-,18+,19+,20+,22+/m1/s1. The first kappa shape index (κ1) is 16.3. The zero-order valence-corrected chi connectivity index (χ0v) is 15.2. The highest BCUT2D eigenvalue weighted by Gasteiger charge is 2.51. The molecule has 1 aromatic carbocycles. The topological polar surface area (TPSA) is 20.3 Å². The van der Waals surface area contributed by atoms with Crippen molar-refractivity contribution in [3.8, 4) is 0 Å². The summed E-state index contributed by atoms with van der Waals surface area (Å²) in [6.07, 6.45) is 7.10. The van der Waals surface area contributed by atoms with Gasteiger partial charge in [0.15, 0.2) is 0 Å². The fraction of sp³-hybridized carbons (Fsp3) is 0.682. The number of likely N-dealkylation sites (tertiary alicyclic amines) is 1. The molecule has 2 saturated carbocycles. The Balaban J connectivity index is 1.55. The molecule has 0 amide bonds.